The second-order valence-corrected chi connectivity index (χ2v) is 5.94. The van der Waals surface area contributed by atoms with Crippen molar-refractivity contribution in [2.45, 2.75) is 46.3 Å². The summed E-state index contributed by atoms with van der Waals surface area (Å²) >= 11 is 1.91. The van der Waals surface area contributed by atoms with Gasteiger partial charge in [-0.25, -0.2) is 0 Å². The van der Waals surface area contributed by atoms with Crippen molar-refractivity contribution in [2.24, 2.45) is 0 Å². The van der Waals surface area contributed by atoms with E-state index in [9.17, 15) is 0 Å². The molecular formula is C15H28N2OS. The quantitative estimate of drug-likeness (QED) is 0.753. The first kappa shape index (κ1) is 16.6. The van der Waals surface area contributed by atoms with E-state index in [1.165, 1.54) is 17.7 Å². The maximum atomic E-state index is 5.95. The van der Waals surface area contributed by atoms with Gasteiger partial charge in [-0.3, -0.25) is 4.90 Å². The molecule has 0 saturated carbocycles. The number of hydrogen-bond acceptors (Lipinski definition) is 4. The van der Waals surface area contributed by atoms with Gasteiger partial charge in [-0.05, 0) is 44.8 Å². The van der Waals surface area contributed by atoms with Crippen molar-refractivity contribution in [1.29, 1.82) is 0 Å². The molecule has 1 aromatic heterocycles. The summed E-state index contributed by atoms with van der Waals surface area (Å²) in [7, 11) is 2.19. The lowest BCUT2D eigenvalue weighted by atomic mass is 10.2. The topological polar surface area (TPSA) is 28.4 Å². The Morgan fingerprint density at radius 3 is 2.74 bits per heavy atom. The zero-order valence-electron chi connectivity index (χ0n) is 13.0. The molecule has 1 rings (SSSR count). The SMILES string of the molecule is CCNCc1oc(CN(C)C(CC)CSC)cc1C. The highest BCUT2D eigenvalue weighted by Crippen LogP contribution is 2.18. The Morgan fingerprint density at radius 2 is 2.16 bits per heavy atom. The summed E-state index contributed by atoms with van der Waals surface area (Å²) in [4.78, 5) is 2.39. The van der Waals surface area contributed by atoms with Crippen LogP contribution in [0, 0.1) is 6.92 Å². The first-order chi connectivity index (χ1) is 9.12. The molecule has 19 heavy (non-hydrogen) atoms. The summed E-state index contributed by atoms with van der Waals surface area (Å²) in [5, 5.41) is 3.32. The fourth-order valence-corrected chi connectivity index (χ4v) is 3.08. The van der Waals surface area contributed by atoms with Crippen molar-refractivity contribution in [1.82, 2.24) is 10.2 Å². The molecule has 0 radical (unpaired) electrons. The summed E-state index contributed by atoms with van der Waals surface area (Å²) in [6.07, 6.45) is 3.35. The molecule has 1 atom stereocenters. The van der Waals surface area contributed by atoms with Crippen LogP contribution in [0.4, 0.5) is 0 Å². The van der Waals surface area contributed by atoms with Crippen LogP contribution in [0.15, 0.2) is 10.5 Å². The Bertz CT molecular complexity index is 365. The highest BCUT2D eigenvalue weighted by molar-refractivity contribution is 7.98. The Kier molecular flexibility index (Phi) is 7.57. The number of nitrogens with zero attached hydrogens (tertiary/aromatic N) is 1. The minimum atomic E-state index is 0.623. The smallest absolute Gasteiger partial charge is 0.120 e. The second-order valence-electron chi connectivity index (χ2n) is 5.03. The van der Waals surface area contributed by atoms with E-state index >= 15 is 0 Å². The number of nitrogens with one attached hydrogen (secondary N) is 1. The Balaban J connectivity index is 2.60. The molecule has 0 aliphatic heterocycles. The third-order valence-electron chi connectivity index (χ3n) is 3.47. The lowest BCUT2D eigenvalue weighted by Crippen LogP contribution is -2.32. The van der Waals surface area contributed by atoms with Crippen LogP contribution in [0.3, 0.4) is 0 Å². The summed E-state index contributed by atoms with van der Waals surface area (Å²) < 4.78 is 5.95. The number of rotatable bonds is 9. The molecule has 1 heterocycles. The van der Waals surface area contributed by atoms with Crippen LogP contribution in [0.2, 0.25) is 0 Å². The van der Waals surface area contributed by atoms with Crippen LogP contribution >= 0.6 is 11.8 Å². The van der Waals surface area contributed by atoms with Crippen LogP contribution in [0.5, 0.6) is 0 Å². The third kappa shape index (κ3) is 5.21. The van der Waals surface area contributed by atoms with Crippen molar-refractivity contribution in [3.05, 3.63) is 23.2 Å². The zero-order valence-corrected chi connectivity index (χ0v) is 13.8. The zero-order chi connectivity index (χ0) is 14.3. The Morgan fingerprint density at radius 1 is 1.42 bits per heavy atom. The number of furan rings is 1. The highest BCUT2D eigenvalue weighted by Gasteiger charge is 2.15. The van der Waals surface area contributed by atoms with Crippen molar-refractivity contribution < 1.29 is 4.42 Å². The van der Waals surface area contributed by atoms with E-state index in [0.29, 0.717) is 6.04 Å². The summed E-state index contributed by atoms with van der Waals surface area (Å²) in [6.45, 7) is 9.18. The fraction of sp³-hybridized carbons (Fsp3) is 0.733. The van der Waals surface area contributed by atoms with Crippen LogP contribution < -0.4 is 5.32 Å². The lowest BCUT2D eigenvalue weighted by Gasteiger charge is -2.25. The Labute approximate surface area is 122 Å². The predicted molar refractivity (Wildman–Crippen MR) is 84.8 cm³/mol. The van der Waals surface area contributed by atoms with Crippen LogP contribution in [-0.2, 0) is 13.1 Å². The van der Waals surface area contributed by atoms with Crippen LogP contribution in [0.1, 0.15) is 37.4 Å². The largest absolute Gasteiger partial charge is 0.463 e. The van der Waals surface area contributed by atoms with Gasteiger partial charge < -0.3 is 9.73 Å². The average Bonchev–Trinajstić information content (AvgIpc) is 2.73. The summed E-state index contributed by atoms with van der Waals surface area (Å²) in [5.41, 5.74) is 1.25. The molecule has 1 unspecified atom stereocenters. The molecule has 0 bridgehead atoms. The van der Waals surface area contributed by atoms with Crippen molar-refractivity contribution in [2.75, 3.05) is 25.6 Å². The van der Waals surface area contributed by atoms with E-state index in [2.05, 4.69) is 50.4 Å². The maximum Gasteiger partial charge on any atom is 0.120 e. The van der Waals surface area contributed by atoms with Crippen LogP contribution in [0.25, 0.3) is 0 Å². The van der Waals surface area contributed by atoms with Gasteiger partial charge in [0.05, 0.1) is 13.1 Å². The van der Waals surface area contributed by atoms with Gasteiger partial charge in [-0.1, -0.05) is 13.8 Å². The molecule has 0 spiro atoms. The first-order valence-electron chi connectivity index (χ1n) is 7.10. The first-order valence-corrected chi connectivity index (χ1v) is 8.49. The Hall–Kier alpha value is -0.450. The van der Waals surface area contributed by atoms with Crippen LogP contribution in [-0.4, -0.2) is 36.5 Å². The molecule has 3 nitrogen and oxygen atoms in total. The standard InChI is InChI=1S/C15H28N2OS/c1-6-13(11-19-5)17(4)10-14-8-12(3)15(18-14)9-16-7-2/h8,13,16H,6-7,9-11H2,1-5H3. The van der Waals surface area contributed by atoms with Gasteiger partial charge in [-0.15, -0.1) is 0 Å². The van der Waals surface area contributed by atoms with Gasteiger partial charge in [0, 0.05) is 11.8 Å². The van der Waals surface area contributed by atoms with Gasteiger partial charge in [0.25, 0.3) is 0 Å². The van der Waals surface area contributed by atoms with Gasteiger partial charge >= 0.3 is 0 Å². The molecule has 0 aliphatic carbocycles. The third-order valence-corrected chi connectivity index (χ3v) is 4.18. The number of aryl methyl sites for hydroxylation is 1. The van der Waals surface area contributed by atoms with E-state index in [0.717, 1.165) is 31.2 Å². The number of hydrogen-bond donors (Lipinski definition) is 1. The molecule has 1 N–H and O–H groups in total. The maximum absolute atomic E-state index is 5.95. The molecular weight excluding hydrogens is 256 g/mol. The fourth-order valence-electron chi connectivity index (χ4n) is 2.21. The second kappa shape index (κ2) is 8.67. The van der Waals surface area contributed by atoms with Crippen molar-refractivity contribution in [3.63, 3.8) is 0 Å². The molecule has 110 valence electrons. The summed E-state index contributed by atoms with van der Waals surface area (Å²) in [5.74, 6) is 3.33. The normalized spacial score (nSPS) is 13.2. The molecule has 0 saturated heterocycles. The molecule has 0 aliphatic rings. The van der Waals surface area contributed by atoms with Gasteiger partial charge in [0.1, 0.15) is 11.5 Å². The predicted octanol–water partition coefficient (Wildman–Crippen LogP) is 3.27. The lowest BCUT2D eigenvalue weighted by molar-refractivity contribution is 0.226. The van der Waals surface area contributed by atoms with Crippen molar-refractivity contribution >= 4 is 11.8 Å². The van der Waals surface area contributed by atoms with Gasteiger partial charge in [0.2, 0.25) is 0 Å². The average molecular weight is 284 g/mol. The highest BCUT2D eigenvalue weighted by atomic mass is 32.2. The summed E-state index contributed by atoms with van der Waals surface area (Å²) in [6, 6.07) is 2.80. The number of thioether (sulfide) groups is 1. The molecule has 0 fully saturated rings. The molecule has 0 amide bonds. The van der Waals surface area contributed by atoms with E-state index in [-0.39, 0.29) is 0 Å². The van der Waals surface area contributed by atoms with E-state index in [1.54, 1.807) is 0 Å². The van der Waals surface area contributed by atoms with Gasteiger partial charge in [-0.2, -0.15) is 11.8 Å². The monoisotopic (exact) mass is 284 g/mol. The van der Waals surface area contributed by atoms with E-state index in [1.807, 2.05) is 11.8 Å². The minimum absolute atomic E-state index is 0.623. The minimum Gasteiger partial charge on any atom is -0.463 e. The van der Waals surface area contributed by atoms with Crippen molar-refractivity contribution in [3.8, 4) is 0 Å². The van der Waals surface area contributed by atoms with Gasteiger partial charge in [0.15, 0.2) is 0 Å². The van der Waals surface area contributed by atoms with E-state index < -0.39 is 0 Å². The molecule has 4 heteroatoms. The van der Waals surface area contributed by atoms with E-state index in [4.69, 9.17) is 4.42 Å². The molecule has 1 aromatic rings. The molecule has 0 aromatic carbocycles.